The van der Waals surface area contributed by atoms with Crippen molar-refractivity contribution >= 4 is 54.6 Å². The molecular formula is C23H24ClN3O5S2. The standard InChI is InChI=1S/C23H24ClN3O5S2/c1-4-27(33(3,29)30)20-11-6-17(7-12-20)23(28)25-19-9-13-21(14-10-19)34(31,32)26-22-15-18(24)8-5-16(22)2/h5-15,26H,4H2,1-3H3,(H,25,28). The Morgan fingerprint density at radius 2 is 1.56 bits per heavy atom. The molecule has 0 saturated heterocycles. The summed E-state index contributed by atoms with van der Waals surface area (Å²) in [4.78, 5) is 12.6. The van der Waals surface area contributed by atoms with Crippen LogP contribution in [0, 0.1) is 6.92 Å². The zero-order valence-corrected chi connectivity index (χ0v) is 21.1. The van der Waals surface area contributed by atoms with Crippen LogP contribution in [-0.4, -0.2) is 35.5 Å². The zero-order valence-electron chi connectivity index (χ0n) is 18.7. The van der Waals surface area contributed by atoms with Gasteiger partial charge < -0.3 is 5.32 Å². The molecule has 3 aromatic rings. The monoisotopic (exact) mass is 521 g/mol. The largest absolute Gasteiger partial charge is 0.322 e. The molecule has 180 valence electrons. The summed E-state index contributed by atoms with van der Waals surface area (Å²) in [5.74, 6) is -0.419. The van der Waals surface area contributed by atoms with Crippen molar-refractivity contribution in [2.75, 3.05) is 27.1 Å². The Morgan fingerprint density at radius 1 is 0.941 bits per heavy atom. The average Bonchev–Trinajstić information content (AvgIpc) is 2.76. The Kier molecular flexibility index (Phi) is 7.54. The van der Waals surface area contributed by atoms with Crippen LogP contribution in [0.3, 0.4) is 0 Å². The summed E-state index contributed by atoms with van der Waals surface area (Å²) >= 11 is 5.96. The van der Waals surface area contributed by atoms with Crippen LogP contribution in [-0.2, 0) is 20.0 Å². The normalized spacial score (nSPS) is 11.6. The average molecular weight is 522 g/mol. The number of nitrogens with one attached hydrogen (secondary N) is 2. The smallest absolute Gasteiger partial charge is 0.261 e. The number of carbonyl (C=O) groups excluding carboxylic acids is 1. The van der Waals surface area contributed by atoms with Crippen molar-refractivity contribution in [3.63, 3.8) is 0 Å². The maximum Gasteiger partial charge on any atom is 0.261 e. The van der Waals surface area contributed by atoms with Crippen LogP contribution in [0.15, 0.2) is 71.6 Å². The highest BCUT2D eigenvalue weighted by Crippen LogP contribution is 2.24. The highest BCUT2D eigenvalue weighted by atomic mass is 35.5. The first-order valence-electron chi connectivity index (χ1n) is 10.2. The number of nitrogens with zero attached hydrogens (tertiary/aromatic N) is 1. The number of rotatable bonds is 8. The summed E-state index contributed by atoms with van der Waals surface area (Å²) in [7, 11) is -7.27. The predicted octanol–water partition coefficient (Wildman–Crippen LogP) is 4.49. The molecule has 0 saturated carbocycles. The lowest BCUT2D eigenvalue weighted by atomic mass is 10.2. The number of sulfonamides is 2. The predicted molar refractivity (Wildman–Crippen MR) is 136 cm³/mol. The van der Waals surface area contributed by atoms with Crippen molar-refractivity contribution in [2.45, 2.75) is 18.7 Å². The minimum atomic E-state index is -3.85. The van der Waals surface area contributed by atoms with Gasteiger partial charge in [0.2, 0.25) is 10.0 Å². The number of carbonyl (C=O) groups is 1. The first kappa shape index (κ1) is 25.5. The van der Waals surface area contributed by atoms with Gasteiger partial charge >= 0.3 is 0 Å². The molecule has 34 heavy (non-hydrogen) atoms. The third kappa shape index (κ3) is 6.07. The molecule has 0 aliphatic carbocycles. The number of aryl methyl sites for hydroxylation is 1. The Balaban J connectivity index is 1.71. The Morgan fingerprint density at radius 3 is 2.12 bits per heavy atom. The van der Waals surface area contributed by atoms with Crippen molar-refractivity contribution in [3.05, 3.63) is 82.9 Å². The molecule has 0 spiro atoms. The Hall–Kier alpha value is -3.08. The van der Waals surface area contributed by atoms with Gasteiger partial charge in [0.15, 0.2) is 0 Å². The summed E-state index contributed by atoms with van der Waals surface area (Å²) in [5, 5.41) is 3.10. The van der Waals surface area contributed by atoms with Crippen molar-refractivity contribution in [1.29, 1.82) is 0 Å². The molecule has 0 bridgehead atoms. The van der Waals surface area contributed by atoms with Gasteiger partial charge in [-0.25, -0.2) is 16.8 Å². The summed E-state index contributed by atoms with van der Waals surface area (Å²) in [6.07, 6.45) is 1.12. The summed E-state index contributed by atoms with van der Waals surface area (Å²) in [6, 6.07) is 16.8. The molecule has 0 aliphatic rings. The molecule has 0 heterocycles. The molecule has 8 nitrogen and oxygen atoms in total. The molecule has 3 aromatic carbocycles. The highest BCUT2D eigenvalue weighted by molar-refractivity contribution is 7.92. The first-order valence-corrected chi connectivity index (χ1v) is 13.9. The van der Waals surface area contributed by atoms with Gasteiger partial charge in [-0.05, 0) is 80.1 Å². The van der Waals surface area contributed by atoms with Crippen LogP contribution < -0.4 is 14.3 Å². The molecule has 2 N–H and O–H groups in total. The van der Waals surface area contributed by atoms with Crippen molar-refractivity contribution in [3.8, 4) is 0 Å². The van der Waals surface area contributed by atoms with Gasteiger partial charge in [-0.3, -0.25) is 13.8 Å². The lowest BCUT2D eigenvalue weighted by Crippen LogP contribution is -2.29. The van der Waals surface area contributed by atoms with E-state index in [0.717, 1.165) is 11.8 Å². The number of amides is 1. The van der Waals surface area contributed by atoms with E-state index in [1.807, 2.05) is 0 Å². The highest BCUT2D eigenvalue weighted by Gasteiger charge is 2.17. The fourth-order valence-corrected chi connectivity index (χ4v) is 5.48. The maximum absolute atomic E-state index is 12.7. The molecule has 0 aromatic heterocycles. The van der Waals surface area contributed by atoms with E-state index < -0.39 is 26.0 Å². The second-order valence-corrected chi connectivity index (χ2v) is 11.5. The van der Waals surface area contributed by atoms with Crippen molar-refractivity contribution in [2.24, 2.45) is 0 Å². The summed E-state index contributed by atoms with van der Waals surface area (Å²) < 4.78 is 52.9. The Bertz CT molecular complexity index is 1410. The topological polar surface area (TPSA) is 113 Å². The van der Waals surface area contributed by atoms with E-state index in [9.17, 15) is 21.6 Å². The fourth-order valence-electron chi connectivity index (χ4n) is 3.22. The SMILES string of the molecule is CCN(c1ccc(C(=O)Nc2ccc(S(=O)(=O)Nc3cc(Cl)ccc3C)cc2)cc1)S(C)(=O)=O. The van der Waals surface area contributed by atoms with Crippen LogP contribution in [0.25, 0.3) is 0 Å². The lowest BCUT2D eigenvalue weighted by Gasteiger charge is -2.20. The summed E-state index contributed by atoms with van der Waals surface area (Å²) in [5.41, 5.74) is 2.28. The molecule has 3 rings (SSSR count). The molecule has 0 fully saturated rings. The molecule has 0 unspecified atom stereocenters. The first-order chi connectivity index (χ1) is 15.9. The van der Waals surface area contributed by atoms with E-state index in [-0.39, 0.29) is 11.4 Å². The number of hydrogen-bond acceptors (Lipinski definition) is 5. The van der Waals surface area contributed by atoms with E-state index in [1.165, 1.54) is 46.8 Å². The third-order valence-corrected chi connectivity index (χ3v) is 7.86. The van der Waals surface area contributed by atoms with Crippen LogP contribution in [0.5, 0.6) is 0 Å². The third-order valence-electron chi connectivity index (χ3n) is 4.97. The van der Waals surface area contributed by atoms with Gasteiger partial charge in [-0.1, -0.05) is 17.7 Å². The van der Waals surface area contributed by atoms with E-state index >= 15 is 0 Å². The maximum atomic E-state index is 12.7. The van der Waals surface area contributed by atoms with Crippen molar-refractivity contribution < 1.29 is 21.6 Å². The van der Waals surface area contributed by atoms with E-state index in [1.54, 1.807) is 38.1 Å². The molecule has 0 atom stereocenters. The molecule has 1 amide bonds. The lowest BCUT2D eigenvalue weighted by molar-refractivity contribution is 0.102. The van der Waals surface area contributed by atoms with Gasteiger partial charge in [0, 0.05) is 22.8 Å². The minimum absolute atomic E-state index is 0.0228. The van der Waals surface area contributed by atoms with E-state index in [0.29, 0.717) is 27.6 Å². The quantitative estimate of drug-likeness (QED) is 0.453. The second-order valence-electron chi connectivity index (χ2n) is 7.52. The van der Waals surface area contributed by atoms with Gasteiger partial charge in [0.25, 0.3) is 15.9 Å². The van der Waals surface area contributed by atoms with Gasteiger partial charge in [0.05, 0.1) is 22.5 Å². The zero-order chi connectivity index (χ0) is 25.1. The number of hydrogen-bond donors (Lipinski definition) is 2. The van der Waals surface area contributed by atoms with E-state index in [2.05, 4.69) is 10.0 Å². The molecule has 0 radical (unpaired) electrons. The van der Waals surface area contributed by atoms with Crippen LogP contribution in [0.2, 0.25) is 5.02 Å². The number of anilines is 3. The number of halogens is 1. The van der Waals surface area contributed by atoms with Crippen LogP contribution in [0.4, 0.5) is 17.1 Å². The minimum Gasteiger partial charge on any atom is -0.322 e. The molecular weight excluding hydrogens is 498 g/mol. The fraction of sp³-hybridized carbons (Fsp3) is 0.174. The van der Waals surface area contributed by atoms with Gasteiger partial charge in [-0.15, -0.1) is 0 Å². The van der Waals surface area contributed by atoms with Crippen molar-refractivity contribution in [1.82, 2.24) is 0 Å². The van der Waals surface area contributed by atoms with Gasteiger partial charge in [-0.2, -0.15) is 0 Å². The van der Waals surface area contributed by atoms with E-state index in [4.69, 9.17) is 11.6 Å². The van der Waals surface area contributed by atoms with Crippen LogP contribution >= 0.6 is 11.6 Å². The molecule has 0 aliphatic heterocycles. The number of benzene rings is 3. The molecule has 11 heteroatoms. The van der Waals surface area contributed by atoms with Gasteiger partial charge in [0.1, 0.15) is 0 Å². The Labute approximate surface area is 204 Å². The summed E-state index contributed by atoms with van der Waals surface area (Å²) in [6.45, 7) is 3.75. The second kappa shape index (κ2) is 10.0. The van der Waals surface area contributed by atoms with Crippen LogP contribution in [0.1, 0.15) is 22.8 Å².